The number of carbonyl (C=O) groups is 1. The lowest BCUT2D eigenvalue weighted by Crippen LogP contribution is -2.04. The minimum atomic E-state index is 0.125. The van der Waals surface area contributed by atoms with E-state index >= 15 is 0 Å². The van der Waals surface area contributed by atoms with Gasteiger partial charge in [-0.3, -0.25) is 14.9 Å². The van der Waals surface area contributed by atoms with Gasteiger partial charge in [-0.2, -0.15) is 5.10 Å². The molecule has 28 heavy (non-hydrogen) atoms. The quantitative estimate of drug-likeness (QED) is 0.391. The van der Waals surface area contributed by atoms with Crippen molar-refractivity contribution in [1.82, 2.24) is 10.2 Å². The summed E-state index contributed by atoms with van der Waals surface area (Å²) >= 11 is 3.32. The number of aromatic amines is 1. The summed E-state index contributed by atoms with van der Waals surface area (Å²) in [6, 6.07) is 16.3. The van der Waals surface area contributed by atoms with Crippen LogP contribution in [0.3, 0.4) is 0 Å². The number of aliphatic imine (C=N–C) groups is 1. The van der Waals surface area contributed by atoms with E-state index in [0.29, 0.717) is 6.42 Å². The average molecular weight is 408 g/mol. The van der Waals surface area contributed by atoms with E-state index < -0.39 is 0 Å². The first-order valence-corrected chi connectivity index (χ1v) is 11.1. The van der Waals surface area contributed by atoms with Gasteiger partial charge >= 0.3 is 0 Å². The summed E-state index contributed by atoms with van der Waals surface area (Å²) in [5.74, 6) is 0.955. The minimum absolute atomic E-state index is 0.125. The molecule has 0 saturated carbocycles. The van der Waals surface area contributed by atoms with E-state index in [0.717, 1.165) is 51.0 Å². The van der Waals surface area contributed by atoms with Crippen LogP contribution in [0.4, 0.5) is 0 Å². The first kappa shape index (κ1) is 18.9. The van der Waals surface area contributed by atoms with E-state index in [1.807, 2.05) is 43.5 Å². The van der Waals surface area contributed by atoms with Crippen LogP contribution in [-0.4, -0.2) is 22.2 Å². The fraction of sp³-hybridized carbons (Fsp3) is 0.227. The van der Waals surface area contributed by atoms with Gasteiger partial charge in [-0.15, -0.1) is 23.1 Å². The predicted octanol–water partition coefficient (Wildman–Crippen LogP) is 5.92. The van der Waals surface area contributed by atoms with Gasteiger partial charge in [0.25, 0.3) is 0 Å². The molecular weight excluding hydrogens is 386 g/mol. The van der Waals surface area contributed by atoms with Gasteiger partial charge in [0.2, 0.25) is 0 Å². The van der Waals surface area contributed by atoms with Crippen LogP contribution < -0.4 is 0 Å². The molecule has 4 rings (SSSR count). The van der Waals surface area contributed by atoms with Crippen LogP contribution >= 0.6 is 23.1 Å². The van der Waals surface area contributed by atoms with E-state index in [1.54, 1.807) is 23.1 Å². The molecule has 0 atom stereocenters. The molecule has 142 valence electrons. The van der Waals surface area contributed by atoms with E-state index in [2.05, 4.69) is 33.4 Å². The maximum Gasteiger partial charge on any atom is 0.178 e. The lowest BCUT2D eigenvalue weighted by molar-refractivity contribution is 0.0996. The number of thioether (sulfide) groups is 1. The van der Waals surface area contributed by atoms with Gasteiger partial charge in [-0.05, 0) is 50.1 Å². The number of Topliss-reactive ketones (excluding diaryl/α,β-unsaturated/α-hetero) is 1. The molecule has 2 aromatic heterocycles. The van der Waals surface area contributed by atoms with Crippen LogP contribution in [0.1, 0.15) is 45.2 Å². The lowest BCUT2D eigenvalue weighted by Gasteiger charge is -2.12. The topological polar surface area (TPSA) is 58.1 Å². The molecule has 1 N–H and O–H groups in total. The third-order valence-corrected chi connectivity index (χ3v) is 6.64. The fourth-order valence-corrected chi connectivity index (χ4v) is 4.75. The van der Waals surface area contributed by atoms with E-state index in [-0.39, 0.29) is 5.78 Å². The number of carbonyl (C=O) groups excluding carboxylic acids is 1. The second kappa shape index (κ2) is 8.71. The Labute approximate surface area is 172 Å². The Balaban J connectivity index is 1.50. The van der Waals surface area contributed by atoms with Crippen LogP contribution in [0.5, 0.6) is 0 Å². The Kier molecular flexibility index (Phi) is 5.88. The summed E-state index contributed by atoms with van der Waals surface area (Å²) < 4.78 is 0. The van der Waals surface area contributed by atoms with Crippen LogP contribution in [0.15, 0.2) is 64.1 Å². The second-order valence-electron chi connectivity index (χ2n) is 6.67. The Morgan fingerprint density at radius 3 is 2.86 bits per heavy atom. The molecule has 0 aliphatic carbocycles. The number of nitrogens with zero attached hydrogens (tertiary/aromatic N) is 2. The number of aromatic nitrogens is 2. The van der Waals surface area contributed by atoms with Crippen LogP contribution in [0.2, 0.25) is 0 Å². The van der Waals surface area contributed by atoms with Gasteiger partial charge in [0.05, 0.1) is 22.7 Å². The Hall–Kier alpha value is -2.44. The molecule has 6 heteroatoms. The van der Waals surface area contributed by atoms with E-state index in [1.165, 1.54) is 4.90 Å². The van der Waals surface area contributed by atoms with Gasteiger partial charge in [0, 0.05) is 33.0 Å². The summed E-state index contributed by atoms with van der Waals surface area (Å²) in [5, 5.41) is 7.65. The number of benzene rings is 1. The molecule has 3 heterocycles. The van der Waals surface area contributed by atoms with Crippen molar-refractivity contribution >= 4 is 40.7 Å². The third-order valence-electron chi connectivity index (χ3n) is 4.54. The van der Waals surface area contributed by atoms with Crippen LogP contribution in [-0.2, 0) is 5.75 Å². The molecule has 1 aliphatic rings. The molecule has 1 aliphatic heterocycles. The zero-order chi connectivity index (χ0) is 19.3. The highest BCUT2D eigenvalue weighted by Gasteiger charge is 2.19. The van der Waals surface area contributed by atoms with Gasteiger partial charge in [-0.25, -0.2) is 0 Å². The monoisotopic (exact) mass is 407 g/mol. The number of hydrogen-bond acceptors (Lipinski definition) is 5. The van der Waals surface area contributed by atoms with Crippen molar-refractivity contribution in [3.05, 3.63) is 75.4 Å². The van der Waals surface area contributed by atoms with Crippen LogP contribution in [0.25, 0.3) is 5.57 Å². The standard InChI is InChI=1S/C22H21N3OS2/c1-15-9-10-22(28-15)21(26)13-19-18(8-5-11-23-19)20-12-16(24-25-20)14-27-17-6-3-2-4-7-17/h2-4,6-7,9-12H,5,8,13-14H2,1H3,(H,24,25). The van der Waals surface area contributed by atoms with Crippen LogP contribution in [0, 0.1) is 6.92 Å². The number of nitrogens with one attached hydrogen (secondary N) is 1. The van der Waals surface area contributed by atoms with E-state index in [9.17, 15) is 4.79 Å². The summed E-state index contributed by atoms with van der Waals surface area (Å²) in [4.78, 5) is 20.4. The van der Waals surface area contributed by atoms with Gasteiger partial charge < -0.3 is 0 Å². The number of allylic oxidation sites excluding steroid dienone is 2. The molecule has 4 nitrogen and oxygen atoms in total. The normalized spacial score (nSPS) is 13.9. The minimum Gasteiger partial charge on any atom is -0.293 e. The molecule has 0 fully saturated rings. The summed E-state index contributed by atoms with van der Waals surface area (Å²) in [6.07, 6.45) is 3.98. The summed E-state index contributed by atoms with van der Waals surface area (Å²) in [7, 11) is 0. The van der Waals surface area contributed by atoms with Gasteiger partial charge in [-0.1, -0.05) is 18.2 Å². The van der Waals surface area contributed by atoms with Crippen molar-refractivity contribution < 1.29 is 4.79 Å². The van der Waals surface area contributed by atoms with Gasteiger partial charge in [0.15, 0.2) is 5.78 Å². The first-order valence-electron chi connectivity index (χ1n) is 9.26. The highest BCUT2D eigenvalue weighted by atomic mass is 32.2. The number of thiophene rings is 1. The number of rotatable bonds is 7. The fourth-order valence-electron chi connectivity index (χ4n) is 3.13. The van der Waals surface area contributed by atoms with Gasteiger partial charge in [0.1, 0.15) is 0 Å². The highest BCUT2D eigenvalue weighted by molar-refractivity contribution is 7.98. The van der Waals surface area contributed by atoms with Crippen molar-refractivity contribution in [3.8, 4) is 0 Å². The molecular formula is C22H21N3OS2. The predicted molar refractivity (Wildman–Crippen MR) is 117 cm³/mol. The average Bonchev–Trinajstić information content (AvgIpc) is 3.37. The molecule has 3 aromatic rings. The number of H-pyrrole nitrogens is 1. The molecule has 0 saturated heterocycles. The van der Waals surface area contributed by atoms with E-state index in [4.69, 9.17) is 0 Å². The number of hydrogen-bond donors (Lipinski definition) is 1. The zero-order valence-electron chi connectivity index (χ0n) is 15.6. The second-order valence-corrected chi connectivity index (χ2v) is 9.00. The Morgan fingerprint density at radius 2 is 2.07 bits per heavy atom. The lowest BCUT2D eigenvalue weighted by atomic mass is 9.99. The van der Waals surface area contributed by atoms with Crippen molar-refractivity contribution in [2.75, 3.05) is 0 Å². The molecule has 0 radical (unpaired) electrons. The molecule has 1 aromatic carbocycles. The molecule has 0 spiro atoms. The zero-order valence-corrected chi connectivity index (χ0v) is 17.3. The summed E-state index contributed by atoms with van der Waals surface area (Å²) in [6.45, 7) is 2.02. The SMILES string of the molecule is Cc1ccc(C(=O)CC2=C(c3cc(CSc4ccccc4)[nH]n3)CCC=N2)s1. The highest BCUT2D eigenvalue weighted by Crippen LogP contribution is 2.31. The molecule has 0 amide bonds. The maximum atomic E-state index is 12.6. The van der Waals surface area contributed by atoms with Crippen molar-refractivity contribution in [3.63, 3.8) is 0 Å². The van der Waals surface area contributed by atoms with Crippen molar-refractivity contribution in [1.29, 1.82) is 0 Å². The third kappa shape index (κ3) is 4.51. The van der Waals surface area contributed by atoms with Crippen molar-refractivity contribution in [2.45, 2.75) is 36.8 Å². The molecule has 0 unspecified atom stereocenters. The number of ketones is 1. The number of aryl methyl sites for hydroxylation is 1. The smallest absolute Gasteiger partial charge is 0.178 e. The maximum absolute atomic E-state index is 12.6. The summed E-state index contributed by atoms with van der Waals surface area (Å²) in [5.41, 5.74) is 3.91. The Morgan fingerprint density at radius 1 is 1.21 bits per heavy atom. The largest absolute Gasteiger partial charge is 0.293 e. The first-order chi connectivity index (χ1) is 13.7. The Bertz CT molecular complexity index is 1030. The molecule has 0 bridgehead atoms. The van der Waals surface area contributed by atoms with Crippen molar-refractivity contribution in [2.24, 2.45) is 4.99 Å².